The fraction of sp³-hybridized carbons (Fsp3) is 0.333. The molecule has 0 saturated heterocycles. The summed E-state index contributed by atoms with van der Waals surface area (Å²) < 4.78 is 0. The van der Waals surface area contributed by atoms with Crippen molar-refractivity contribution in [2.75, 3.05) is 6.61 Å². The molecule has 1 aromatic rings. The third-order valence-corrected chi connectivity index (χ3v) is 2.28. The number of rotatable bonds is 3. The van der Waals surface area contributed by atoms with Crippen LogP contribution in [0.5, 0.6) is 0 Å². The van der Waals surface area contributed by atoms with Crippen molar-refractivity contribution >= 4 is 0 Å². The zero-order valence-corrected chi connectivity index (χ0v) is 8.58. The number of benzene rings is 1. The molecule has 0 radical (unpaired) electrons. The summed E-state index contributed by atoms with van der Waals surface area (Å²) in [6.07, 6.45) is 5.27. The molecule has 1 aromatic carbocycles. The molecule has 74 valence electrons. The Morgan fingerprint density at radius 1 is 1.36 bits per heavy atom. The standard InChI is InChI=1S/C12H15NO/c1-4-10-5-7-11(8-6-10)12(2,3)9-14-13/h1,5-8H,9,13H2,2-3H3. The Morgan fingerprint density at radius 2 is 1.93 bits per heavy atom. The molecule has 0 spiro atoms. The maximum absolute atomic E-state index is 5.27. The van der Waals surface area contributed by atoms with Crippen molar-refractivity contribution in [2.45, 2.75) is 19.3 Å². The summed E-state index contributed by atoms with van der Waals surface area (Å²) in [5.74, 6) is 7.66. The van der Waals surface area contributed by atoms with E-state index in [1.807, 2.05) is 24.3 Å². The molecule has 0 heterocycles. The third-order valence-electron chi connectivity index (χ3n) is 2.28. The SMILES string of the molecule is C#Cc1ccc(C(C)(C)CON)cc1. The van der Waals surface area contributed by atoms with Gasteiger partial charge in [-0.2, -0.15) is 0 Å². The summed E-state index contributed by atoms with van der Waals surface area (Å²) in [7, 11) is 0. The van der Waals surface area contributed by atoms with E-state index >= 15 is 0 Å². The summed E-state index contributed by atoms with van der Waals surface area (Å²) in [4.78, 5) is 4.68. The summed E-state index contributed by atoms with van der Waals surface area (Å²) in [5, 5.41) is 0. The lowest BCUT2D eigenvalue weighted by Crippen LogP contribution is -2.26. The summed E-state index contributed by atoms with van der Waals surface area (Å²) in [5.41, 5.74) is 1.97. The average molecular weight is 189 g/mol. The quantitative estimate of drug-likeness (QED) is 0.581. The van der Waals surface area contributed by atoms with E-state index in [1.54, 1.807) is 0 Å². The summed E-state index contributed by atoms with van der Waals surface area (Å²) in [6.45, 7) is 4.64. The van der Waals surface area contributed by atoms with Gasteiger partial charge in [0.05, 0.1) is 6.61 Å². The van der Waals surface area contributed by atoms with Crippen LogP contribution in [0, 0.1) is 12.3 Å². The second-order valence-corrected chi connectivity index (χ2v) is 3.92. The Hall–Kier alpha value is -1.30. The number of nitrogens with two attached hydrogens (primary N) is 1. The van der Waals surface area contributed by atoms with E-state index in [1.165, 1.54) is 5.56 Å². The first-order chi connectivity index (χ1) is 6.60. The highest BCUT2D eigenvalue weighted by Crippen LogP contribution is 2.23. The van der Waals surface area contributed by atoms with Crippen LogP contribution in [-0.2, 0) is 10.3 Å². The van der Waals surface area contributed by atoms with E-state index in [-0.39, 0.29) is 5.41 Å². The molecule has 0 atom stereocenters. The molecule has 2 nitrogen and oxygen atoms in total. The van der Waals surface area contributed by atoms with Crippen LogP contribution in [0.4, 0.5) is 0 Å². The van der Waals surface area contributed by atoms with Gasteiger partial charge in [-0.1, -0.05) is 31.9 Å². The molecule has 0 aliphatic carbocycles. The third kappa shape index (κ3) is 2.35. The fourth-order valence-corrected chi connectivity index (χ4v) is 1.31. The minimum Gasteiger partial charge on any atom is -0.304 e. The largest absolute Gasteiger partial charge is 0.304 e. The van der Waals surface area contributed by atoms with E-state index in [0.717, 1.165) is 5.56 Å². The van der Waals surface area contributed by atoms with E-state index in [2.05, 4.69) is 24.6 Å². The van der Waals surface area contributed by atoms with Crippen molar-refractivity contribution in [3.05, 3.63) is 35.4 Å². The molecule has 0 fully saturated rings. The van der Waals surface area contributed by atoms with Crippen LogP contribution in [0.1, 0.15) is 25.0 Å². The molecule has 0 unspecified atom stereocenters. The van der Waals surface area contributed by atoms with Gasteiger partial charge in [0.1, 0.15) is 0 Å². The van der Waals surface area contributed by atoms with E-state index in [4.69, 9.17) is 12.3 Å². The first-order valence-electron chi connectivity index (χ1n) is 4.49. The lowest BCUT2D eigenvalue weighted by molar-refractivity contribution is 0.0964. The Kier molecular flexibility index (Phi) is 3.29. The number of terminal acetylenes is 1. The molecule has 0 saturated carbocycles. The minimum absolute atomic E-state index is 0.0815. The van der Waals surface area contributed by atoms with Crippen LogP contribution in [0.3, 0.4) is 0 Å². The second-order valence-electron chi connectivity index (χ2n) is 3.92. The van der Waals surface area contributed by atoms with Gasteiger partial charge in [-0.25, -0.2) is 5.90 Å². The monoisotopic (exact) mass is 189 g/mol. The van der Waals surface area contributed by atoms with Crippen LogP contribution in [0.2, 0.25) is 0 Å². The average Bonchev–Trinajstić information content (AvgIpc) is 2.18. The van der Waals surface area contributed by atoms with E-state index < -0.39 is 0 Å². The Morgan fingerprint density at radius 3 is 2.36 bits per heavy atom. The molecule has 0 aliphatic heterocycles. The fourth-order valence-electron chi connectivity index (χ4n) is 1.31. The van der Waals surface area contributed by atoms with E-state index in [9.17, 15) is 0 Å². The van der Waals surface area contributed by atoms with Gasteiger partial charge in [0.25, 0.3) is 0 Å². The van der Waals surface area contributed by atoms with E-state index in [0.29, 0.717) is 6.61 Å². The van der Waals surface area contributed by atoms with Crippen LogP contribution in [-0.4, -0.2) is 6.61 Å². The lowest BCUT2D eigenvalue weighted by atomic mass is 9.85. The van der Waals surface area contributed by atoms with Gasteiger partial charge >= 0.3 is 0 Å². The zero-order valence-electron chi connectivity index (χ0n) is 8.58. The smallest absolute Gasteiger partial charge is 0.0770 e. The van der Waals surface area contributed by atoms with Crippen molar-refractivity contribution in [3.63, 3.8) is 0 Å². The van der Waals surface area contributed by atoms with Crippen molar-refractivity contribution in [2.24, 2.45) is 5.90 Å². The molecule has 0 aliphatic rings. The summed E-state index contributed by atoms with van der Waals surface area (Å²) >= 11 is 0. The van der Waals surface area contributed by atoms with Crippen molar-refractivity contribution in [3.8, 4) is 12.3 Å². The number of hydrogen-bond donors (Lipinski definition) is 1. The molecule has 2 N–H and O–H groups in total. The molecule has 0 amide bonds. The summed E-state index contributed by atoms with van der Waals surface area (Å²) in [6, 6.07) is 7.86. The molecule has 1 rings (SSSR count). The molecule has 0 bridgehead atoms. The Labute approximate surface area is 85.0 Å². The van der Waals surface area contributed by atoms with Crippen LogP contribution in [0.15, 0.2) is 24.3 Å². The van der Waals surface area contributed by atoms with Gasteiger partial charge in [-0.15, -0.1) is 6.42 Å². The maximum atomic E-state index is 5.27. The van der Waals surface area contributed by atoms with Crippen LogP contribution >= 0.6 is 0 Å². The van der Waals surface area contributed by atoms with Crippen molar-refractivity contribution in [1.82, 2.24) is 0 Å². The first-order valence-corrected chi connectivity index (χ1v) is 4.49. The highest BCUT2D eigenvalue weighted by molar-refractivity contribution is 5.36. The van der Waals surface area contributed by atoms with Gasteiger partial charge in [-0.05, 0) is 17.7 Å². The minimum atomic E-state index is -0.0815. The lowest BCUT2D eigenvalue weighted by Gasteiger charge is -2.23. The van der Waals surface area contributed by atoms with Gasteiger partial charge < -0.3 is 4.84 Å². The predicted octanol–water partition coefficient (Wildman–Crippen LogP) is 1.84. The second kappa shape index (κ2) is 4.28. The number of hydrogen-bond acceptors (Lipinski definition) is 2. The molecule has 2 heteroatoms. The van der Waals surface area contributed by atoms with Crippen molar-refractivity contribution < 1.29 is 4.84 Å². The normalized spacial score (nSPS) is 11.0. The highest BCUT2D eigenvalue weighted by Gasteiger charge is 2.20. The zero-order chi connectivity index (χ0) is 10.6. The topological polar surface area (TPSA) is 35.2 Å². The predicted molar refractivity (Wildman–Crippen MR) is 57.5 cm³/mol. The van der Waals surface area contributed by atoms with Crippen LogP contribution < -0.4 is 5.90 Å². The molecule has 0 aromatic heterocycles. The van der Waals surface area contributed by atoms with Gasteiger partial charge in [0, 0.05) is 11.0 Å². The highest BCUT2D eigenvalue weighted by atomic mass is 16.6. The molecule has 14 heavy (non-hydrogen) atoms. The van der Waals surface area contributed by atoms with Crippen LogP contribution in [0.25, 0.3) is 0 Å². The van der Waals surface area contributed by atoms with Gasteiger partial charge in [0.2, 0.25) is 0 Å². The van der Waals surface area contributed by atoms with Crippen molar-refractivity contribution in [1.29, 1.82) is 0 Å². The molecular weight excluding hydrogens is 174 g/mol. The Balaban J connectivity index is 2.92. The van der Waals surface area contributed by atoms with Gasteiger partial charge in [0.15, 0.2) is 0 Å². The maximum Gasteiger partial charge on any atom is 0.0770 e. The molecular formula is C12H15NO. The first kappa shape index (κ1) is 10.8. The Bertz CT molecular complexity index is 332. The van der Waals surface area contributed by atoms with Gasteiger partial charge in [-0.3, -0.25) is 0 Å².